The smallest absolute Gasteiger partial charge is 0.244 e. The Morgan fingerprint density at radius 3 is 2.70 bits per heavy atom. The van der Waals surface area contributed by atoms with Gasteiger partial charge in [0.15, 0.2) is 0 Å². The van der Waals surface area contributed by atoms with E-state index in [0.717, 1.165) is 25.3 Å². The third-order valence-corrected chi connectivity index (χ3v) is 6.82. The maximum atomic E-state index is 13.4. The molecule has 0 aliphatic carbocycles. The quantitative estimate of drug-likeness (QED) is 0.838. The van der Waals surface area contributed by atoms with E-state index >= 15 is 0 Å². The summed E-state index contributed by atoms with van der Waals surface area (Å²) in [7, 11) is -3.68. The molecule has 1 aromatic carbocycles. The summed E-state index contributed by atoms with van der Waals surface area (Å²) in [6, 6.07) is 2.23. The number of sulfonamides is 1. The second-order valence-electron chi connectivity index (χ2n) is 5.13. The Balaban J connectivity index is 2.53. The molecule has 1 aliphatic heterocycles. The third-order valence-electron chi connectivity index (χ3n) is 3.79. The minimum absolute atomic E-state index is 0.00632. The number of nitrogens with two attached hydrogens (primary N) is 1. The summed E-state index contributed by atoms with van der Waals surface area (Å²) in [4.78, 5) is 0.0311. The van der Waals surface area contributed by atoms with Gasteiger partial charge < -0.3 is 5.73 Å². The molecule has 1 heterocycles. The van der Waals surface area contributed by atoms with E-state index in [4.69, 9.17) is 5.73 Å². The number of hydrogen-bond acceptors (Lipinski definition) is 3. The van der Waals surface area contributed by atoms with Crippen molar-refractivity contribution in [1.82, 2.24) is 4.31 Å². The standard InChI is InChI=1S/C13H18BrFN2O2S/c1-3-9-5-4-8(2)17(9)20(18,19)13-7-12(16)11(15)6-10(13)14/h6-9H,3-5,16H2,1-2H3. The van der Waals surface area contributed by atoms with Crippen molar-refractivity contribution >= 4 is 31.6 Å². The number of hydrogen-bond donors (Lipinski definition) is 1. The normalized spacial score (nSPS) is 24.2. The molecule has 0 aromatic heterocycles. The van der Waals surface area contributed by atoms with Crippen LogP contribution < -0.4 is 5.73 Å². The summed E-state index contributed by atoms with van der Waals surface area (Å²) in [5, 5.41) is 0. The summed E-state index contributed by atoms with van der Waals surface area (Å²) >= 11 is 3.12. The van der Waals surface area contributed by atoms with Crippen molar-refractivity contribution in [3.8, 4) is 0 Å². The summed E-state index contributed by atoms with van der Waals surface area (Å²) in [6.45, 7) is 3.87. The Kier molecular flexibility index (Phi) is 4.41. The average Bonchev–Trinajstić information content (AvgIpc) is 2.75. The molecule has 4 nitrogen and oxygen atoms in total. The van der Waals surface area contributed by atoms with Crippen molar-refractivity contribution in [2.24, 2.45) is 0 Å². The van der Waals surface area contributed by atoms with E-state index < -0.39 is 15.8 Å². The molecule has 2 unspecified atom stereocenters. The van der Waals surface area contributed by atoms with Gasteiger partial charge in [0.2, 0.25) is 10.0 Å². The molecule has 0 amide bonds. The van der Waals surface area contributed by atoms with Gasteiger partial charge in [-0.15, -0.1) is 0 Å². The Hall–Kier alpha value is -0.660. The van der Waals surface area contributed by atoms with E-state index in [0.29, 0.717) is 0 Å². The first kappa shape index (κ1) is 15.7. The van der Waals surface area contributed by atoms with E-state index in [2.05, 4.69) is 15.9 Å². The number of anilines is 1. The van der Waals surface area contributed by atoms with Gasteiger partial charge in [-0.3, -0.25) is 0 Å². The fourth-order valence-electron chi connectivity index (χ4n) is 2.72. The van der Waals surface area contributed by atoms with Crippen molar-refractivity contribution in [3.05, 3.63) is 22.4 Å². The van der Waals surface area contributed by atoms with E-state index in [-0.39, 0.29) is 27.1 Å². The lowest BCUT2D eigenvalue weighted by molar-refractivity contribution is 0.328. The van der Waals surface area contributed by atoms with Crippen LogP contribution in [0.2, 0.25) is 0 Å². The highest BCUT2D eigenvalue weighted by molar-refractivity contribution is 9.10. The van der Waals surface area contributed by atoms with Crippen LogP contribution in [0.4, 0.5) is 10.1 Å². The highest BCUT2D eigenvalue weighted by atomic mass is 79.9. The summed E-state index contributed by atoms with van der Waals surface area (Å²) in [5.41, 5.74) is 5.35. The van der Waals surface area contributed by atoms with Crippen molar-refractivity contribution in [2.45, 2.75) is 50.1 Å². The molecule has 2 rings (SSSR count). The molecule has 0 radical (unpaired) electrons. The molecule has 2 N–H and O–H groups in total. The number of nitrogens with zero attached hydrogens (tertiary/aromatic N) is 1. The van der Waals surface area contributed by atoms with Crippen LogP contribution in [-0.4, -0.2) is 24.8 Å². The van der Waals surface area contributed by atoms with Gasteiger partial charge >= 0.3 is 0 Å². The highest BCUT2D eigenvalue weighted by Gasteiger charge is 2.40. The van der Waals surface area contributed by atoms with Crippen LogP contribution in [0, 0.1) is 5.82 Å². The minimum atomic E-state index is -3.68. The maximum absolute atomic E-state index is 13.4. The summed E-state index contributed by atoms with van der Waals surface area (Å²) in [5.74, 6) is -0.627. The Bertz CT molecular complexity index is 621. The van der Waals surface area contributed by atoms with Crippen molar-refractivity contribution in [3.63, 3.8) is 0 Å². The Morgan fingerprint density at radius 1 is 1.45 bits per heavy atom. The predicted octanol–water partition coefficient (Wildman–Crippen LogP) is 3.12. The topological polar surface area (TPSA) is 63.4 Å². The van der Waals surface area contributed by atoms with Crippen LogP contribution in [0.15, 0.2) is 21.5 Å². The monoisotopic (exact) mass is 364 g/mol. The van der Waals surface area contributed by atoms with Crippen LogP contribution in [-0.2, 0) is 10.0 Å². The van der Waals surface area contributed by atoms with Crippen LogP contribution in [0.3, 0.4) is 0 Å². The first-order valence-electron chi connectivity index (χ1n) is 6.57. The largest absolute Gasteiger partial charge is 0.396 e. The van der Waals surface area contributed by atoms with E-state index in [1.54, 1.807) is 0 Å². The third kappa shape index (κ3) is 2.58. The molecule has 1 fully saturated rings. The van der Waals surface area contributed by atoms with Gasteiger partial charge in [0.05, 0.1) is 10.6 Å². The lowest BCUT2D eigenvalue weighted by atomic mass is 10.2. The number of benzene rings is 1. The average molecular weight is 365 g/mol. The van der Waals surface area contributed by atoms with Gasteiger partial charge in [0.25, 0.3) is 0 Å². The van der Waals surface area contributed by atoms with Crippen molar-refractivity contribution in [1.29, 1.82) is 0 Å². The van der Waals surface area contributed by atoms with Crippen LogP contribution in [0.1, 0.15) is 33.1 Å². The zero-order valence-electron chi connectivity index (χ0n) is 11.4. The molecule has 0 saturated carbocycles. The number of rotatable bonds is 3. The lowest BCUT2D eigenvalue weighted by Gasteiger charge is -2.27. The van der Waals surface area contributed by atoms with Crippen LogP contribution in [0.25, 0.3) is 0 Å². The molecular weight excluding hydrogens is 347 g/mol. The zero-order valence-corrected chi connectivity index (χ0v) is 13.8. The van der Waals surface area contributed by atoms with Crippen LogP contribution >= 0.6 is 15.9 Å². The van der Waals surface area contributed by atoms with Gasteiger partial charge in [-0.25, -0.2) is 12.8 Å². The van der Waals surface area contributed by atoms with Gasteiger partial charge in [-0.2, -0.15) is 4.31 Å². The highest BCUT2D eigenvalue weighted by Crippen LogP contribution is 2.36. The minimum Gasteiger partial charge on any atom is -0.396 e. The molecular formula is C13H18BrFN2O2S. The molecule has 1 aliphatic rings. The molecule has 7 heteroatoms. The Morgan fingerprint density at radius 2 is 2.10 bits per heavy atom. The fraction of sp³-hybridized carbons (Fsp3) is 0.538. The number of nitrogen functional groups attached to an aromatic ring is 1. The van der Waals surface area contributed by atoms with Crippen molar-refractivity contribution < 1.29 is 12.8 Å². The van der Waals surface area contributed by atoms with Crippen molar-refractivity contribution in [2.75, 3.05) is 5.73 Å². The van der Waals surface area contributed by atoms with E-state index in [1.165, 1.54) is 10.4 Å². The molecule has 0 spiro atoms. The second kappa shape index (κ2) is 5.61. The van der Waals surface area contributed by atoms with Gasteiger partial charge in [-0.05, 0) is 54.2 Å². The first-order chi connectivity index (χ1) is 9.28. The van der Waals surface area contributed by atoms with Gasteiger partial charge in [0.1, 0.15) is 5.82 Å². The van der Waals surface area contributed by atoms with Gasteiger partial charge in [0, 0.05) is 16.6 Å². The molecule has 112 valence electrons. The predicted molar refractivity (Wildman–Crippen MR) is 80.3 cm³/mol. The summed E-state index contributed by atoms with van der Waals surface area (Å²) < 4.78 is 40.8. The molecule has 1 saturated heterocycles. The van der Waals surface area contributed by atoms with E-state index in [1.807, 2.05) is 13.8 Å². The lowest BCUT2D eigenvalue weighted by Crippen LogP contribution is -2.39. The maximum Gasteiger partial charge on any atom is 0.244 e. The zero-order chi connectivity index (χ0) is 15.1. The first-order valence-corrected chi connectivity index (χ1v) is 8.80. The van der Waals surface area contributed by atoms with E-state index in [9.17, 15) is 12.8 Å². The second-order valence-corrected chi connectivity index (χ2v) is 7.79. The molecule has 20 heavy (non-hydrogen) atoms. The summed E-state index contributed by atoms with van der Waals surface area (Å²) in [6.07, 6.45) is 2.45. The van der Waals surface area contributed by atoms with Gasteiger partial charge in [-0.1, -0.05) is 6.92 Å². The molecule has 0 bridgehead atoms. The SMILES string of the molecule is CCC1CCC(C)N1S(=O)(=O)c1cc(N)c(F)cc1Br. The molecule has 2 atom stereocenters. The van der Waals surface area contributed by atoms with Crippen LogP contribution in [0.5, 0.6) is 0 Å². The fourth-order valence-corrected chi connectivity index (χ4v) is 5.68. The number of halogens is 2. The molecule has 1 aromatic rings. The Labute approximate surface area is 127 Å².